The summed E-state index contributed by atoms with van der Waals surface area (Å²) < 4.78 is 5.72. The highest BCUT2D eigenvalue weighted by Gasteiger charge is 2.29. The molecule has 0 amide bonds. The van der Waals surface area contributed by atoms with E-state index in [0.29, 0.717) is 0 Å². The van der Waals surface area contributed by atoms with E-state index in [1.165, 1.54) is 12.8 Å². The Bertz CT molecular complexity index is 295. The number of ether oxygens (including phenoxy) is 1. The minimum atomic E-state index is 0.0802. The number of hydrogen-bond acceptors (Lipinski definition) is 2. The molecule has 0 heterocycles. The molecule has 0 aliphatic heterocycles. The van der Waals surface area contributed by atoms with Crippen molar-refractivity contribution in [3.05, 3.63) is 12.7 Å². The lowest BCUT2D eigenvalue weighted by Gasteiger charge is -2.30. The maximum Gasteiger partial charge on any atom is 0.309 e. The molecule has 0 atom stereocenters. The Morgan fingerprint density at radius 3 is 2.14 bits per heavy atom. The molecule has 0 bridgehead atoms. The fraction of sp³-hybridized carbons (Fsp3) is 0.842. The molecule has 2 rings (SSSR count). The van der Waals surface area contributed by atoms with E-state index in [0.717, 1.165) is 56.8 Å². The van der Waals surface area contributed by atoms with Gasteiger partial charge in [-0.3, -0.25) is 4.79 Å². The van der Waals surface area contributed by atoms with Crippen molar-refractivity contribution in [2.24, 2.45) is 17.8 Å². The van der Waals surface area contributed by atoms with Gasteiger partial charge in [0.25, 0.3) is 0 Å². The molecule has 0 spiro atoms. The van der Waals surface area contributed by atoms with Crippen LogP contribution >= 0.6 is 0 Å². The van der Waals surface area contributed by atoms with Gasteiger partial charge in [-0.2, -0.15) is 0 Å². The van der Waals surface area contributed by atoms with Crippen LogP contribution in [0.4, 0.5) is 0 Å². The lowest BCUT2D eigenvalue weighted by Crippen LogP contribution is -2.29. The predicted molar refractivity (Wildman–Crippen MR) is 89.1 cm³/mol. The highest BCUT2D eigenvalue weighted by Crippen LogP contribution is 2.33. The average molecular weight is 294 g/mol. The monoisotopic (exact) mass is 294 g/mol. The van der Waals surface area contributed by atoms with Gasteiger partial charge in [-0.1, -0.05) is 26.8 Å². The smallest absolute Gasteiger partial charge is 0.309 e. The minimum absolute atomic E-state index is 0.0802. The summed E-state index contributed by atoms with van der Waals surface area (Å²) in [6, 6.07) is 0. The largest absolute Gasteiger partial charge is 0.462 e. The Labute approximate surface area is 131 Å². The summed E-state index contributed by atoms with van der Waals surface area (Å²) in [5.74, 6) is 1.80. The Kier molecular flexibility index (Phi) is 8.72. The molecule has 2 fully saturated rings. The van der Waals surface area contributed by atoms with Crippen LogP contribution in [0.3, 0.4) is 0 Å². The van der Waals surface area contributed by atoms with Crippen LogP contribution in [-0.2, 0) is 9.53 Å². The number of carbonyl (C=O) groups excluding carboxylic acids is 1. The highest BCUT2D eigenvalue weighted by molar-refractivity contribution is 5.72. The SMILES string of the molecule is C=CCC1CCC(C(=O)OC2CCC(C)CC2)CC1.CC. The van der Waals surface area contributed by atoms with E-state index >= 15 is 0 Å². The number of carbonyl (C=O) groups is 1. The lowest BCUT2D eigenvalue weighted by molar-refractivity contribution is -0.157. The van der Waals surface area contributed by atoms with Gasteiger partial charge >= 0.3 is 5.97 Å². The quantitative estimate of drug-likeness (QED) is 0.504. The molecule has 2 saturated carbocycles. The standard InChI is InChI=1S/C17H28O2.C2H6/c1-3-4-14-7-9-15(10-8-14)17(18)19-16-11-5-13(2)6-12-16;1-2/h3,13-16H,1,4-12H2,2H3;1-2H3. The van der Waals surface area contributed by atoms with Gasteiger partial charge in [0.2, 0.25) is 0 Å². The van der Waals surface area contributed by atoms with Crippen LogP contribution in [0.25, 0.3) is 0 Å². The predicted octanol–water partition coefficient (Wildman–Crippen LogP) is 5.52. The molecule has 21 heavy (non-hydrogen) atoms. The zero-order valence-corrected chi connectivity index (χ0v) is 14.3. The second-order valence-corrected chi connectivity index (χ2v) is 6.56. The number of hydrogen-bond donors (Lipinski definition) is 0. The first-order valence-electron chi connectivity index (χ1n) is 9.00. The van der Waals surface area contributed by atoms with Crippen LogP contribution in [0.15, 0.2) is 12.7 Å². The summed E-state index contributed by atoms with van der Waals surface area (Å²) in [5.41, 5.74) is 0. The molecule has 0 saturated heterocycles. The summed E-state index contributed by atoms with van der Waals surface area (Å²) in [6.45, 7) is 10.1. The normalized spacial score (nSPS) is 32.5. The summed E-state index contributed by atoms with van der Waals surface area (Å²) >= 11 is 0. The Hall–Kier alpha value is -0.790. The van der Waals surface area contributed by atoms with Crippen LogP contribution in [0.2, 0.25) is 0 Å². The third-order valence-electron chi connectivity index (χ3n) is 4.93. The van der Waals surface area contributed by atoms with Crippen LogP contribution in [-0.4, -0.2) is 12.1 Å². The fourth-order valence-corrected chi connectivity index (χ4v) is 3.48. The first kappa shape index (κ1) is 18.3. The number of rotatable bonds is 4. The first-order chi connectivity index (χ1) is 10.2. The maximum atomic E-state index is 12.2. The highest BCUT2D eigenvalue weighted by atomic mass is 16.5. The van der Waals surface area contributed by atoms with E-state index < -0.39 is 0 Å². The molecule has 2 aliphatic carbocycles. The van der Waals surface area contributed by atoms with Crippen molar-refractivity contribution in [3.63, 3.8) is 0 Å². The van der Waals surface area contributed by atoms with Gasteiger partial charge in [-0.15, -0.1) is 6.58 Å². The van der Waals surface area contributed by atoms with Crippen LogP contribution in [0.1, 0.15) is 78.6 Å². The molecule has 0 N–H and O–H groups in total. The van der Waals surface area contributed by atoms with Crippen molar-refractivity contribution in [2.45, 2.75) is 84.7 Å². The van der Waals surface area contributed by atoms with Gasteiger partial charge in [0.15, 0.2) is 0 Å². The van der Waals surface area contributed by atoms with E-state index in [2.05, 4.69) is 13.5 Å². The van der Waals surface area contributed by atoms with Gasteiger partial charge in [-0.05, 0) is 69.6 Å². The maximum absolute atomic E-state index is 12.2. The first-order valence-corrected chi connectivity index (χ1v) is 9.00. The van der Waals surface area contributed by atoms with Crippen molar-refractivity contribution in [1.82, 2.24) is 0 Å². The molecule has 122 valence electrons. The van der Waals surface area contributed by atoms with Gasteiger partial charge in [0.1, 0.15) is 6.10 Å². The summed E-state index contributed by atoms with van der Waals surface area (Å²) in [6.07, 6.45) is 12.2. The summed E-state index contributed by atoms with van der Waals surface area (Å²) in [7, 11) is 0. The molecule has 0 aromatic rings. The van der Waals surface area contributed by atoms with E-state index in [1.54, 1.807) is 0 Å². The average Bonchev–Trinajstić information content (AvgIpc) is 2.52. The third-order valence-corrected chi connectivity index (χ3v) is 4.93. The number of allylic oxidation sites excluding steroid dienone is 1. The number of esters is 1. The molecule has 0 radical (unpaired) electrons. The minimum Gasteiger partial charge on any atom is -0.462 e. The van der Waals surface area contributed by atoms with E-state index in [9.17, 15) is 4.79 Å². The Balaban J connectivity index is 0.00000106. The van der Waals surface area contributed by atoms with Gasteiger partial charge in [0, 0.05) is 0 Å². The van der Waals surface area contributed by atoms with Crippen LogP contribution in [0, 0.1) is 17.8 Å². The van der Waals surface area contributed by atoms with Gasteiger partial charge < -0.3 is 4.74 Å². The fourth-order valence-electron chi connectivity index (χ4n) is 3.48. The molecule has 2 aliphatic rings. The zero-order valence-electron chi connectivity index (χ0n) is 14.3. The summed E-state index contributed by atoms with van der Waals surface area (Å²) in [4.78, 5) is 12.2. The zero-order chi connectivity index (χ0) is 15.7. The summed E-state index contributed by atoms with van der Waals surface area (Å²) in [5, 5.41) is 0. The molecule has 0 aromatic heterocycles. The topological polar surface area (TPSA) is 26.3 Å². The molecule has 0 aromatic carbocycles. The van der Waals surface area contributed by atoms with E-state index in [1.807, 2.05) is 19.9 Å². The second-order valence-electron chi connectivity index (χ2n) is 6.56. The van der Waals surface area contributed by atoms with E-state index in [4.69, 9.17) is 4.74 Å². The van der Waals surface area contributed by atoms with Crippen molar-refractivity contribution in [3.8, 4) is 0 Å². The van der Waals surface area contributed by atoms with Crippen molar-refractivity contribution in [2.75, 3.05) is 0 Å². The van der Waals surface area contributed by atoms with Gasteiger partial charge in [-0.25, -0.2) is 0 Å². The van der Waals surface area contributed by atoms with Crippen molar-refractivity contribution in [1.29, 1.82) is 0 Å². The van der Waals surface area contributed by atoms with Crippen LogP contribution < -0.4 is 0 Å². The van der Waals surface area contributed by atoms with Crippen molar-refractivity contribution < 1.29 is 9.53 Å². The Morgan fingerprint density at radius 1 is 1.05 bits per heavy atom. The lowest BCUT2D eigenvalue weighted by atomic mass is 9.80. The molecule has 2 nitrogen and oxygen atoms in total. The molecular formula is C19H34O2. The van der Waals surface area contributed by atoms with E-state index in [-0.39, 0.29) is 18.0 Å². The molecule has 0 unspecified atom stereocenters. The second kappa shape index (κ2) is 10.0. The molecular weight excluding hydrogens is 260 g/mol. The van der Waals surface area contributed by atoms with Crippen molar-refractivity contribution >= 4 is 5.97 Å². The Morgan fingerprint density at radius 2 is 1.62 bits per heavy atom. The van der Waals surface area contributed by atoms with Gasteiger partial charge in [0.05, 0.1) is 5.92 Å². The molecule has 2 heteroatoms. The van der Waals surface area contributed by atoms with Crippen LogP contribution in [0.5, 0.6) is 0 Å². The third kappa shape index (κ3) is 6.23.